The summed E-state index contributed by atoms with van der Waals surface area (Å²) in [7, 11) is 1.63. The lowest BCUT2D eigenvalue weighted by molar-refractivity contribution is 0.0866. The quantitative estimate of drug-likeness (QED) is 0.677. The topological polar surface area (TPSA) is 77.8 Å². The maximum absolute atomic E-state index is 14.8. The van der Waals surface area contributed by atoms with Crippen molar-refractivity contribution in [3.05, 3.63) is 58.6 Å². The number of nitrogens with one attached hydrogen (secondary N) is 1. The van der Waals surface area contributed by atoms with Gasteiger partial charge in [0, 0.05) is 25.1 Å². The Balaban J connectivity index is 1.54. The van der Waals surface area contributed by atoms with E-state index in [1.54, 1.807) is 23.9 Å². The van der Waals surface area contributed by atoms with E-state index in [0.29, 0.717) is 42.5 Å². The molecule has 7 nitrogen and oxygen atoms in total. The molecule has 8 heteroatoms. The lowest BCUT2D eigenvalue weighted by Crippen LogP contribution is -2.47. The number of halogens is 1. The number of hydrogen-bond donors (Lipinski definition) is 1. The van der Waals surface area contributed by atoms with E-state index in [2.05, 4.69) is 10.3 Å². The van der Waals surface area contributed by atoms with E-state index in [-0.39, 0.29) is 11.6 Å². The number of aryl methyl sites for hydroxylation is 1. The lowest BCUT2D eigenvalue weighted by Gasteiger charge is -2.37. The van der Waals surface area contributed by atoms with Crippen LogP contribution < -0.4 is 10.1 Å². The number of methoxy groups -OCH3 is 1. The highest BCUT2D eigenvalue weighted by molar-refractivity contribution is 5.98. The molecule has 3 heterocycles. The minimum absolute atomic E-state index is 0.224. The molecule has 2 aliphatic rings. The van der Waals surface area contributed by atoms with E-state index in [9.17, 15) is 9.18 Å². The highest BCUT2D eigenvalue weighted by Gasteiger charge is 2.39. The first-order valence-electron chi connectivity index (χ1n) is 10.5. The molecular formula is C23H25FN4O3. The van der Waals surface area contributed by atoms with Gasteiger partial charge in [-0.1, -0.05) is 6.07 Å². The highest BCUT2D eigenvalue weighted by atomic mass is 19.1. The number of imidazole rings is 1. The van der Waals surface area contributed by atoms with Gasteiger partial charge in [-0.15, -0.1) is 0 Å². The molecule has 0 radical (unpaired) electrons. The maximum atomic E-state index is 14.8. The third kappa shape index (κ3) is 3.35. The van der Waals surface area contributed by atoms with E-state index >= 15 is 0 Å². The van der Waals surface area contributed by atoms with Gasteiger partial charge in [0.05, 0.1) is 30.0 Å². The van der Waals surface area contributed by atoms with Gasteiger partial charge in [-0.2, -0.15) is 0 Å². The summed E-state index contributed by atoms with van der Waals surface area (Å²) in [5.41, 5.74) is 2.87. The summed E-state index contributed by atoms with van der Waals surface area (Å²) in [5, 5.41) is 3.02. The predicted molar refractivity (Wildman–Crippen MR) is 112 cm³/mol. The Kier molecular flexibility index (Phi) is 4.69. The van der Waals surface area contributed by atoms with Crippen molar-refractivity contribution in [1.29, 1.82) is 0 Å². The number of aromatic nitrogens is 3. The number of nitrogens with zero attached hydrogens (tertiary/aromatic N) is 3. The Bertz CT molecular complexity index is 1190. The summed E-state index contributed by atoms with van der Waals surface area (Å²) in [6, 6.07) is 5.12. The standard InChI is InChI=1S/C23H25FN4O3/c1-13-4-7-16(24)18-20(13)31-9-8-23(18,2)27-22(29)19-21-26-17(14-5-6-14)10-15(11-30-3)28(21)12-25-19/h4,7,10,12,14H,5-6,8-9,11H2,1-3H3,(H,27,29). The van der Waals surface area contributed by atoms with Gasteiger partial charge in [0.2, 0.25) is 0 Å². The number of carbonyl (C=O) groups excluding carboxylic acids is 1. The number of fused-ring (bicyclic) bond motifs is 2. The third-order valence-corrected chi connectivity index (χ3v) is 6.20. The molecule has 1 aliphatic heterocycles. The van der Waals surface area contributed by atoms with Gasteiger partial charge in [0.15, 0.2) is 11.3 Å². The normalized spacial score (nSPS) is 20.4. The number of ether oxygens (including phenoxy) is 2. The monoisotopic (exact) mass is 424 g/mol. The van der Waals surface area contributed by atoms with E-state index in [1.807, 2.05) is 19.9 Å². The molecule has 5 rings (SSSR count). The Labute approximate surface area is 179 Å². The van der Waals surface area contributed by atoms with Crippen molar-refractivity contribution in [2.75, 3.05) is 13.7 Å². The SMILES string of the molecule is COCc1cc(C2CC2)nc2c(C(=O)NC3(C)CCOc4c(C)ccc(F)c43)ncn12. The number of hydrogen-bond acceptors (Lipinski definition) is 5. The fourth-order valence-electron chi connectivity index (χ4n) is 4.34. The summed E-state index contributed by atoms with van der Waals surface area (Å²) in [6.07, 6.45) is 4.23. The van der Waals surface area contributed by atoms with Crippen molar-refractivity contribution in [3.8, 4) is 5.75 Å². The van der Waals surface area contributed by atoms with E-state index in [4.69, 9.17) is 14.5 Å². The average molecular weight is 424 g/mol. The fraction of sp³-hybridized carbons (Fsp3) is 0.435. The molecule has 31 heavy (non-hydrogen) atoms. The van der Waals surface area contributed by atoms with E-state index in [1.165, 1.54) is 6.07 Å². The molecule has 1 aromatic carbocycles. The van der Waals surface area contributed by atoms with Crippen LogP contribution in [0.2, 0.25) is 0 Å². The first kappa shape index (κ1) is 19.9. The van der Waals surface area contributed by atoms with Crippen molar-refractivity contribution in [3.63, 3.8) is 0 Å². The van der Waals surface area contributed by atoms with Crippen LogP contribution >= 0.6 is 0 Å². The number of rotatable bonds is 5. The fourth-order valence-corrected chi connectivity index (χ4v) is 4.34. The zero-order valence-electron chi connectivity index (χ0n) is 17.9. The van der Waals surface area contributed by atoms with Crippen LogP contribution in [0.4, 0.5) is 4.39 Å². The van der Waals surface area contributed by atoms with Gasteiger partial charge in [-0.25, -0.2) is 14.4 Å². The van der Waals surface area contributed by atoms with Crippen LogP contribution in [0, 0.1) is 12.7 Å². The molecule has 1 N–H and O–H groups in total. The second-order valence-electron chi connectivity index (χ2n) is 8.62. The number of carbonyl (C=O) groups is 1. The summed E-state index contributed by atoms with van der Waals surface area (Å²) < 4.78 is 27.6. The van der Waals surface area contributed by atoms with Gasteiger partial charge < -0.3 is 14.8 Å². The average Bonchev–Trinajstić information content (AvgIpc) is 3.49. The zero-order chi connectivity index (χ0) is 21.8. The molecule has 0 bridgehead atoms. The molecule has 162 valence electrons. The summed E-state index contributed by atoms with van der Waals surface area (Å²) in [5.74, 6) is 0.139. The van der Waals surface area contributed by atoms with Crippen molar-refractivity contribution in [2.45, 2.75) is 51.2 Å². The number of benzene rings is 1. The molecule has 1 saturated carbocycles. The van der Waals surface area contributed by atoms with Crippen LogP contribution in [0.5, 0.6) is 5.75 Å². The molecule has 1 aliphatic carbocycles. The van der Waals surface area contributed by atoms with Crippen LogP contribution in [0.25, 0.3) is 5.65 Å². The van der Waals surface area contributed by atoms with E-state index < -0.39 is 11.4 Å². The molecular weight excluding hydrogens is 399 g/mol. The van der Waals surface area contributed by atoms with Crippen LogP contribution in [0.3, 0.4) is 0 Å². The van der Waals surface area contributed by atoms with Gasteiger partial charge >= 0.3 is 0 Å². The lowest BCUT2D eigenvalue weighted by atomic mass is 9.84. The molecule has 0 saturated heterocycles. The minimum Gasteiger partial charge on any atom is -0.493 e. The Morgan fingerprint density at radius 1 is 1.42 bits per heavy atom. The molecule has 3 aromatic rings. The molecule has 1 unspecified atom stereocenters. The molecule has 2 aromatic heterocycles. The van der Waals surface area contributed by atoms with Gasteiger partial charge in [-0.3, -0.25) is 9.20 Å². The van der Waals surface area contributed by atoms with Crippen molar-refractivity contribution < 1.29 is 18.7 Å². The third-order valence-electron chi connectivity index (χ3n) is 6.20. The van der Waals surface area contributed by atoms with Crippen LogP contribution in [-0.2, 0) is 16.9 Å². The van der Waals surface area contributed by atoms with Gasteiger partial charge in [0.1, 0.15) is 17.9 Å². The highest BCUT2D eigenvalue weighted by Crippen LogP contribution is 2.41. The van der Waals surface area contributed by atoms with Crippen LogP contribution in [-0.4, -0.2) is 34.0 Å². The molecule has 0 spiro atoms. The largest absolute Gasteiger partial charge is 0.493 e. The van der Waals surface area contributed by atoms with Crippen LogP contribution in [0.15, 0.2) is 24.5 Å². The molecule has 1 amide bonds. The summed E-state index contributed by atoms with van der Waals surface area (Å²) >= 11 is 0. The Morgan fingerprint density at radius 2 is 2.23 bits per heavy atom. The smallest absolute Gasteiger partial charge is 0.274 e. The van der Waals surface area contributed by atoms with Gasteiger partial charge in [-0.05, 0) is 44.4 Å². The van der Waals surface area contributed by atoms with Crippen molar-refractivity contribution in [2.24, 2.45) is 0 Å². The van der Waals surface area contributed by atoms with Crippen LogP contribution in [0.1, 0.15) is 65.1 Å². The predicted octanol–water partition coefficient (Wildman–Crippen LogP) is 3.63. The second kappa shape index (κ2) is 7.30. The Hall–Kier alpha value is -3.00. The Morgan fingerprint density at radius 3 is 2.97 bits per heavy atom. The maximum Gasteiger partial charge on any atom is 0.274 e. The first-order valence-corrected chi connectivity index (χ1v) is 10.5. The molecule has 1 fully saturated rings. The van der Waals surface area contributed by atoms with Crippen molar-refractivity contribution in [1.82, 2.24) is 19.7 Å². The molecule has 1 atom stereocenters. The van der Waals surface area contributed by atoms with Crippen molar-refractivity contribution >= 4 is 11.6 Å². The zero-order valence-corrected chi connectivity index (χ0v) is 17.9. The summed E-state index contributed by atoms with van der Waals surface area (Å²) in [6.45, 7) is 4.48. The minimum atomic E-state index is -0.916. The van der Waals surface area contributed by atoms with Gasteiger partial charge in [0.25, 0.3) is 5.91 Å². The van der Waals surface area contributed by atoms with E-state index in [0.717, 1.165) is 29.8 Å². The number of amides is 1. The second-order valence-corrected chi connectivity index (χ2v) is 8.62. The summed E-state index contributed by atoms with van der Waals surface area (Å²) in [4.78, 5) is 22.4. The first-order chi connectivity index (χ1) is 14.9.